The van der Waals surface area contributed by atoms with Crippen molar-refractivity contribution < 1.29 is 22.7 Å². The number of sulfonamides is 1. The molecule has 1 unspecified atom stereocenters. The lowest BCUT2D eigenvalue weighted by Gasteiger charge is -2.29. The highest BCUT2D eigenvalue weighted by Gasteiger charge is 2.31. The van der Waals surface area contributed by atoms with Gasteiger partial charge in [0.05, 0.1) is 18.1 Å². The second-order valence-corrected chi connectivity index (χ2v) is 10.2. The molecule has 0 saturated heterocycles. The van der Waals surface area contributed by atoms with Crippen molar-refractivity contribution in [2.24, 2.45) is 11.8 Å². The average molecular weight is 425 g/mol. The van der Waals surface area contributed by atoms with Gasteiger partial charge in [-0.2, -0.15) is 4.72 Å². The van der Waals surface area contributed by atoms with E-state index in [4.69, 9.17) is 9.47 Å². The first-order valence-corrected chi connectivity index (χ1v) is 12.0. The minimum absolute atomic E-state index is 0.0618. The Labute approximate surface area is 173 Å². The van der Waals surface area contributed by atoms with Crippen molar-refractivity contribution in [1.82, 2.24) is 10.0 Å². The van der Waals surface area contributed by atoms with Gasteiger partial charge in [0.2, 0.25) is 15.9 Å². The number of ether oxygens (including phenoxy) is 2. The predicted molar refractivity (Wildman–Crippen MR) is 111 cm³/mol. The summed E-state index contributed by atoms with van der Waals surface area (Å²) in [5, 5.41) is 3.04. The summed E-state index contributed by atoms with van der Waals surface area (Å²) in [7, 11) is -3.89. The van der Waals surface area contributed by atoms with Gasteiger partial charge in [0.25, 0.3) is 0 Å². The molecule has 162 valence electrons. The number of hydrogen-bond donors (Lipinski definition) is 2. The van der Waals surface area contributed by atoms with E-state index in [1.54, 1.807) is 6.07 Å². The van der Waals surface area contributed by atoms with E-state index in [-0.39, 0.29) is 22.8 Å². The van der Waals surface area contributed by atoms with E-state index < -0.39 is 16.1 Å². The summed E-state index contributed by atoms with van der Waals surface area (Å²) in [6.07, 6.45) is 4.78. The van der Waals surface area contributed by atoms with Crippen LogP contribution in [0.4, 0.5) is 0 Å². The summed E-state index contributed by atoms with van der Waals surface area (Å²) in [6, 6.07) is 3.81. The monoisotopic (exact) mass is 424 g/mol. The van der Waals surface area contributed by atoms with Crippen molar-refractivity contribution in [3.63, 3.8) is 0 Å². The van der Waals surface area contributed by atoms with Crippen LogP contribution in [-0.4, -0.2) is 39.6 Å². The molecule has 1 aliphatic carbocycles. The highest BCUT2D eigenvalue weighted by atomic mass is 32.2. The van der Waals surface area contributed by atoms with Crippen molar-refractivity contribution in [2.75, 3.05) is 13.2 Å². The van der Waals surface area contributed by atoms with E-state index >= 15 is 0 Å². The normalized spacial score (nSPS) is 23.3. The molecule has 1 atom stereocenters. The number of carbonyl (C=O) groups is 1. The Morgan fingerprint density at radius 2 is 1.72 bits per heavy atom. The molecular formula is C21H32N2O5S. The third-order valence-electron chi connectivity index (χ3n) is 5.62. The standard InChI is InChI=1S/C21H32N2O5S/c1-14(2)20(21(24)22-16-7-5-15(3)6-8-16)23-29(25,26)17-9-10-18-19(13-17)28-12-4-11-27-18/h9-10,13-16,20,23H,4-8,11-12H2,1-3H3,(H,22,24). The fourth-order valence-corrected chi connectivity index (χ4v) is 5.09. The fourth-order valence-electron chi connectivity index (χ4n) is 3.73. The van der Waals surface area contributed by atoms with Gasteiger partial charge in [-0.1, -0.05) is 20.8 Å². The molecule has 1 aliphatic heterocycles. The molecule has 8 heteroatoms. The minimum Gasteiger partial charge on any atom is -0.490 e. The van der Waals surface area contributed by atoms with Crippen molar-refractivity contribution >= 4 is 15.9 Å². The Morgan fingerprint density at radius 1 is 1.07 bits per heavy atom. The molecule has 0 bridgehead atoms. The van der Waals surface area contributed by atoms with Crippen LogP contribution in [0.5, 0.6) is 11.5 Å². The Bertz CT molecular complexity index is 816. The first kappa shape index (κ1) is 21.9. The number of hydrogen-bond acceptors (Lipinski definition) is 5. The van der Waals surface area contributed by atoms with Gasteiger partial charge in [0.15, 0.2) is 11.5 Å². The maximum absolute atomic E-state index is 13.0. The number of carbonyl (C=O) groups excluding carboxylic acids is 1. The molecule has 1 fully saturated rings. The van der Waals surface area contributed by atoms with Gasteiger partial charge in [-0.25, -0.2) is 8.42 Å². The van der Waals surface area contributed by atoms with Crippen LogP contribution in [0.2, 0.25) is 0 Å². The van der Waals surface area contributed by atoms with Crippen molar-refractivity contribution in [3.05, 3.63) is 18.2 Å². The number of fused-ring (bicyclic) bond motifs is 1. The first-order chi connectivity index (χ1) is 13.8. The van der Waals surface area contributed by atoms with Crippen molar-refractivity contribution in [1.29, 1.82) is 0 Å². The number of benzene rings is 1. The Kier molecular flexibility index (Phi) is 7.05. The van der Waals surface area contributed by atoms with Gasteiger partial charge in [-0.3, -0.25) is 4.79 Å². The molecule has 0 aromatic heterocycles. The molecule has 1 aromatic carbocycles. The number of nitrogens with one attached hydrogen (secondary N) is 2. The van der Waals surface area contributed by atoms with Crippen molar-refractivity contribution in [3.8, 4) is 11.5 Å². The SMILES string of the molecule is CC1CCC(NC(=O)C(NS(=O)(=O)c2ccc3c(c2)OCCCO3)C(C)C)CC1. The van der Waals surface area contributed by atoms with Crippen LogP contribution in [0, 0.1) is 11.8 Å². The maximum atomic E-state index is 13.0. The Balaban J connectivity index is 1.72. The number of amides is 1. The average Bonchev–Trinajstić information content (AvgIpc) is 2.92. The van der Waals surface area contributed by atoms with E-state index in [1.807, 2.05) is 13.8 Å². The zero-order valence-electron chi connectivity index (χ0n) is 17.4. The Hall–Kier alpha value is -1.80. The van der Waals surface area contributed by atoms with Crippen LogP contribution in [0.3, 0.4) is 0 Å². The highest BCUT2D eigenvalue weighted by Crippen LogP contribution is 2.32. The molecule has 1 heterocycles. The smallest absolute Gasteiger partial charge is 0.241 e. The number of rotatable bonds is 6. The van der Waals surface area contributed by atoms with Crippen LogP contribution >= 0.6 is 0 Å². The van der Waals surface area contributed by atoms with Gasteiger partial charge in [-0.05, 0) is 49.7 Å². The van der Waals surface area contributed by atoms with Gasteiger partial charge in [0.1, 0.15) is 6.04 Å². The third-order valence-corrected chi connectivity index (χ3v) is 7.06. The van der Waals surface area contributed by atoms with E-state index in [2.05, 4.69) is 17.0 Å². The van der Waals surface area contributed by atoms with E-state index in [9.17, 15) is 13.2 Å². The zero-order chi connectivity index (χ0) is 21.0. The van der Waals surface area contributed by atoms with Crippen LogP contribution in [-0.2, 0) is 14.8 Å². The van der Waals surface area contributed by atoms with Gasteiger partial charge in [-0.15, -0.1) is 0 Å². The molecule has 0 radical (unpaired) electrons. The summed E-state index contributed by atoms with van der Waals surface area (Å²) >= 11 is 0. The van der Waals surface area contributed by atoms with Crippen LogP contribution in [0.15, 0.2) is 23.1 Å². The lowest BCUT2D eigenvalue weighted by molar-refractivity contribution is -0.124. The van der Waals surface area contributed by atoms with Crippen LogP contribution in [0.1, 0.15) is 52.9 Å². The van der Waals surface area contributed by atoms with Gasteiger partial charge < -0.3 is 14.8 Å². The lowest BCUT2D eigenvalue weighted by atomic mass is 9.87. The summed E-state index contributed by atoms with van der Waals surface area (Å²) < 4.78 is 39.7. The molecule has 2 N–H and O–H groups in total. The second kappa shape index (κ2) is 9.34. The first-order valence-electron chi connectivity index (χ1n) is 10.5. The maximum Gasteiger partial charge on any atom is 0.241 e. The molecular weight excluding hydrogens is 392 g/mol. The zero-order valence-corrected chi connectivity index (χ0v) is 18.3. The second-order valence-electron chi connectivity index (χ2n) is 8.47. The summed E-state index contributed by atoms with van der Waals surface area (Å²) in [4.78, 5) is 12.9. The van der Waals surface area contributed by atoms with E-state index in [0.717, 1.165) is 32.1 Å². The van der Waals surface area contributed by atoms with E-state index in [1.165, 1.54) is 12.1 Å². The molecule has 2 aliphatic rings. The van der Waals surface area contributed by atoms with Crippen LogP contribution < -0.4 is 19.5 Å². The fraction of sp³-hybridized carbons (Fsp3) is 0.667. The predicted octanol–water partition coefficient (Wildman–Crippen LogP) is 2.85. The molecule has 29 heavy (non-hydrogen) atoms. The highest BCUT2D eigenvalue weighted by molar-refractivity contribution is 7.89. The third kappa shape index (κ3) is 5.63. The van der Waals surface area contributed by atoms with Gasteiger partial charge in [0, 0.05) is 18.5 Å². The lowest BCUT2D eigenvalue weighted by Crippen LogP contribution is -2.52. The minimum atomic E-state index is -3.89. The molecule has 1 aromatic rings. The summed E-state index contributed by atoms with van der Waals surface area (Å²) in [5.74, 6) is 1.17. The van der Waals surface area contributed by atoms with E-state index in [0.29, 0.717) is 30.6 Å². The molecule has 1 amide bonds. The molecule has 0 spiro atoms. The van der Waals surface area contributed by atoms with Gasteiger partial charge >= 0.3 is 0 Å². The Morgan fingerprint density at radius 3 is 2.38 bits per heavy atom. The topological polar surface area (TPSA) is 93.7 Å². The molecule has 1 saturated carbocycles. The summed E-state index contributed by atoms with van der Waals surface area (Å²) in [5.41, 5.74) is 0. The largest absolute Gasteiger partial charge is 0.490 e. The van der Waals surface area contributed by atoms with Crippen LogP contribution in [0.25, 0.3) is 0 Å². The summed E-state index contributed by atoms with van der Waals surface area (Å²) in [6.45, 7) is 6.90. The molecule has 7 nitrogen and oxygen atoms in total. The molecule has 3 rings (SSSR count). The van der Waals surface area contributed by atoms with Crippen molar-refractivity contribution in [2.45, 2.75) is 69.9 Å². The quantitative estimate of drug-likeness (QED) is 0.732.